The Bertz CT molecular complexity index is 1010. The van der Waals surface area contributed by atoms with Gasteiger partial charge in [-0.1, -0.05) is 18.2 Å². The summed E-state index contributed by atoms with van der Waals surface area (Å²) < 4.78 is 3.72. The largest absolute Gasteiger partial charge is 0.354 e. The van der Waals surface area contributed by atoms with E-state index in [0.717, 1.165) is 24.2 Å². The molecule has 2 aromatic heterocycles. The molecular weight excluding hydrogens is 392 g/mol. The molecular formula is C23H28N6O2. The number of carbonyl (C=O) groups is 2. The maximum Gasteiger partial charge on any atom is 0.274 e. The maximum absolute atomic E-state index is 13.1. The fourth-order valence-corrected chi connectivity index (χ4v) is 4.07. The van der Waals surface area contributed by atoms with Gasteiger partial charge in [-0.2, -0.15) is 5.10 Å². The van der Waals surface area contributed by atoms with Crippen molar-refractivity contribution in [3.8, 4) is 5.69 Å². The van der Waals surface area contributed by atoms with Crippen molar-refractivity contribution in [2.45, 2.75) is 32.7 Å². The molecule has 0 spiro atoms. The molecule has 0 aliphatic carbocycles. The van der Waals surface area contributed by atoms with Crippen molar-refractivity contribution >= 4 is 11.8 Å². The van der Waals surface area contributed by atoms with E-state index in [-0.39, 0.29) is 17.7 Å². The molecule has 3 aromatic rings. The predicted molar refractivity (Wildman–Crippen MR) is 117 cm³/mol. The molecule has 1 aliphatic rings. The topological polar surface area (TPSA) is 85.1 Å². The number of imidazole rings is 1. The van der Waals surface area contributed by atoms with Gasteiger partial charge in [0.05, 0.1) is 12.0 Å². The number of carbonyl (C=O) groups excluding carboxylic acids is 2. The highest BCUT2D eigenvalue weighted by Gasteiger charge is 2.27. The van der Waals surface area contributed by atoms with E-state index in [2.05, 4.69) is 15.4 Å². The summed E-state index contributed by atoms with van der Waals surface area (Å²) in [4.78, 5) is 31.2. The van der Waals surface area contributed by atoms with E-state index in [1.54, 1.807) is 17.2 Å². The second-order valence-electron chi connectivity index (χ2n) is 8.03. The third-order valence-corrected chi connectivity index (χ3v) is 5.64. The molecule has 8 heteroatoms. The lowest BCUT2D eigenvalue weighted by atomic mass is 9.94. The smallest absolute Gasteiger partial charge is 0.274 e. The lowest BCUT2D eigenvalue weighted by Crippen LogP contribution is -2.41. The molecule has 1 saturated heterocycles. The number of rotatable bonds is 7. The van der Waals surface area contributed by atoms with Crippen molar-refractivity contribution in [2.75, 3.05) is 19.6 Å². The van der Waals surface area contributed by atoms with E-state index in [1.165, 1.54) is 0 Å². The lowest BCUT2D eigenvalue weighted by Gasteiger charge is -2.32. The van der Waals surface area contributed by atoms with Crippen molar-refractivity contribution < 1.29 is 9.59 Å². The maximum atomic E-state index is 13.1. The summed E-state index contributed by atoms with van der Waals surface area (Å²) in [5.74, 6) is 0.134. The Labute approximate surface area is 181 Å². The second kappa shape index (κ2) is 9.59. The van der Waals surface area contributed by atoms with Crippen LogP contribution in [0.15, 0.2) is 55.1 Å². The van der Waals surface area contributed by atoms with Gasteiger partial charge in [-0.3, -0.25) is 9.59 Å². The minimum absolute atomic E-state index is 0.0311. The summed E-state index contributed by atoms with van der Waals surface area (Å²) in [6.45, 7) is 4.51. The van der Waals surface area contributed by atoms with E-state index in [0.29, 0.717) is 38.3 Å². The number of nitrogens with zero attached hydrogens (tertiary/aromatic N) is 5. The molecule has 0 bridgehead atoms. The zero-order chi connectivity index (χ0) is 21.6. The highest BCUT2D eigenvalue weighted by atomic mass is 16.2. The Morgan fingerprint density at radius 1 is 1.23 bits per heavy atom. The lowest BCUT2D eigenvalue weighted by molar-refractivity contribution is -0.122. The fourth-order valence-electron chi connectivity index (χ4n) is 4.07. The van der Waals surface area contributed by atoms with Crippen LogP contribution in [0.4, 0.5) is 0 Å². The molecule has 0 saturated carbocycles. The summed E-state index contributed by atoms with van der Waals surface area (Å²) in [7, 11) is 0. The van der Waals surface area contributed by atoms with Crippen LogP contribution in [0.5, 0.6) is 0 Å². The summed E-state index contributed by atoms with van der Waals surface area (Å²) in [6.07, 6.45) is 7.62. The first kappa shape index (κ1) is 20.8. The molecule has 1 N–H and O–H groups in total. The van der Waals surface area contributed by atoms with Crippen LogP contribution in [-0.2, 0) is 11.3 Å². The molecule has 1 aliphatic heterocycles. The van der Waals surface area contributed by atoms with Gasteiger partial charge in [0.15, 0.2) is 5.69 Å². The van der Waals surface area contributed by atoms with Crippen LogP contribution in [0.3, 0.4) is 0 Å². The number of amides is 2. The molecule has 1 fully saturated rings. The summed E-state index contributed by atoms with van der Waals surface area (Å²) in [5.41, 5.74) is 2.30. The van der Waals surface area contributed by atoms with Gasteiger partial charge in [-0.15, -0.1) is 0 Å². The summed E-state index contributed by atoms with van der Waals surface area (Å²) >= 11 is 0. The first-order valence-electron chi connectivity index (χ1n) is 10.7. The van der Waals surface area contributed by atoms with Gasteiger partial charge in [-0.25, -0.2) is 9.67 Å². The molecule has 0 unspecified atom stereocenters. The Kier molecular flexibility index (Phi) is 6.45. The second-order valence-corrected chi connectivity index (χ2v) is 8.03. The summed E-state index contributed by atoms with van der Waals surface area (Å²) in [6, 6.07) is 11.6. The Morgan fingerprint density at radius 3 is 2.84 bits per heavy atom. The Balaban J connectivity index is 1.32. The molecule has 1 atom stereocenters. The molecule has 162 valence electrons. The van der Waals surface area contributed by atoms with Gasteiger partial charge in [0.25, 0.3) is 5.91 Å². The van der Waals surface area contributed by atoms with Crippen LogP contribution < -0.4 is 5.32 Å². The van der Waals surface area contributed by atoms with E-state index in [1.807, 2.05) is 59.0 Å². The van der Waals surface area contributed by atoms with Crippen molar-refractivity contribution in [3.05, 3.63) is 66.5 Å². The summed E-state index contributed by atoms with van der Waals surface area (Å²) in [5, 5.41) is 7.51. The van der Waals surface area contributed by atoms with E-state index < -0.39 is 0 Å². The zero-order valence-corrected chi connectivity index (χ0v) is 17.8. The van der Waals surface area contributed by atoms with Crippen LogP contribution in [0.25, 0.3) is 5.69 Å². The molecule has 1 aromatic carbocycles. The quantitative estimate of drug-likeness (QED) is 0.636. The van der Waals surface area contributed by atoms with Crippen molar-refractivity contribution in [1.82, 2.24) is 29.5 Å². The Hall–Kier alpha value is -3.42. The van der Waals surface area contributed by atoms with E-state index in [9.17, 15) is 9.59 Å². The minimum Gasteiger partial charge on any atom is -0.354 e. The predicted octanol–water partition coefficient (Wildman–Crippen LogP) is 2.44. The van der Waals surface area contributed by atoms with Crippen LogP contribution in [-0.4, -0.2) is 55.7 Å². The molecule has 2 amide bonds. The number of aromatic nitrogens is 4. The third-order valence-electron chi connectivity index (χ3n) is 5.64. The molecule has 8 nitrogen and oxygen atoms in total. The number of benzene rings is 1. The average Bonchev–Trinajstić information content (AvgIpc) is 3.44. The van der Waals surface area contributed by atoms with Crippen molar-refractivity contribution in [2.24, 2.45) is 5.92 Å². The molecule has 0 radical (unpaired) electrons. The minimum atomic E-state index is -0.0667. The monoisotopic (exact) mass is 420 g/mol. The van der Waals surface area contributed by atoms with Crippen LogP contribution >= 0.6 is 0 Å². The van der Waals surface area contributed by atoms with Gasteiger partial charge >= 0.3 is 0 Å². The number of hydrogen-bond acceptors (Lipinski definition) is 4. The molecule has 3 heterocycles. The van der Waals surface area contributed by atoms with Crippen LogP contribution in [0, 0.1) is 12.8 Å². The number of likely N-dealkylation sites (tertiary alicyclic amines) is 1. The number of para-hydroxylation sites is 1. The number of hydrogen-bond donors (Lipinski definition) is 1. The molecule has 31 heavy (non-hydrogen) atoms. The van der Waals surface area contributed by atoms with Gasteiger partial charge in [0, 0.05) is 50.7 Å². The number of aryl methyl sites for hydroxylation is 1. The first-order valence-corrected chi connectivity index (χ1v) is 10.7. The van der Waals surface area contributed by atoms with Crippen LogP contribution in [0.2, 0.25) is 0 Å². The number of piperidine rings is 1. The van der Waals surface area contributed by atoms with E-state index in [4.69, 9.17) is 0 Å². The average molecular weight is 421 g/mol. The van der Waals surface area contributed by atoms with Gasteiger partial charge < -0.3 is 14.8 Å². The van der Waals surface area contributed by atoms with Crippen molar-refractivity contribution in [1.29, 1.82) is 0 Å². The zero-order valence-electron chi connectivity index (χ0n) is 17.8. The SMILES string of the molecule is Cc1cc(C(=O)N2CCC[C@H](CC(=O)NCCn3ccnc3)C2)nn1-c1ccccc1. The third kappa shape index (κ3) is 5.20. The van der Waals surface area contributed by atoms with Gasteiger partial charge in [-0.05, 0) is 43.9 Å². The van der Waals surface area contributed by atoms with Crippen molar-refractivity contribution in [3.63, 3.8) is 0 Å². The highest BCUT2D eigenvalue weighted by Crippen LogP contribution is 2.22. The van der Waals surface area contributed by atoms with Crippen LogP contribution in [0.1, 0.15) is 35.4 Å². The van der Waals surface area contributed by atoms with Gasteiger partial charge in [0.2, 0.25) is 5.91 Å². The highest BCUT2D eigenvalue weighted by molar-refractivity contribution is 5.92. The fraction of sp³-hybridized carbons (Fsp3) is 0.391. The molecule has 4 rings (SSSR count). The van der Waals surface area contributed by atoms with E-state index >= 15 is 0 Å². The normalized spacial score (nSPS) is 16.3. The van der Waals surface area contributed by atoms with Gasteiger partial charge in [0.1, 0.15) is 0 Å². The number of nitrogens with one attached hydrogen (secondary N) is 1. The Morgan fingerprint density at radius 2 is 2.06 bits per heavy atom. The first-order chi connectivity index (χ1) is 15.1. The standard InChI is InChI=1S/C23H28N6O2/c1-18-14-21(26-29(18)20-7-3-2-4-8-20)23(31)28-11-5-6-19(16-28)15-22(30)25-10-13-27-12-9-24-17-27/h2-4,7-9,12,14,17,19H,5-6,10-11,13,15-16H2,1H3,(H,25,30)/t19-/m1/s1.